The van der Waals surface area contributed by atoms with Gasteiger partial charge in [0, 0.05) is 6.54 Å². The molecule has 2 rings (SSSR count). The quantitative estimate of drug-likeness (QED) is 0.686. The van der Waals surface area contributed by atoms with Crippen LogP contribution in [0.15, 0.2) is 16.8 Å². The molecule has 1 aromatic rings. The molecule has 1 aliphatic carbocycles. The molecule has 0 radical (unpaired) electrons. The summed E-state index contributed by atoms with van der Waals surface area (Å²) in [5.41, 5.74) is 2.05. The average molecular weight is 251 g/mol. The minimum atomic E-state index is 0.525. The first-order chi connectivity index (χ1) is 8.24. The molecule has 0 bridgehead atoms. The number of hydrogen-bond acceptors (Lipinski definition) is 2. The van der Waals surface area contributed by atoms with E-state index in [9.17, 15) is 0 Å². The van der Waals surface area contributed by atoms with Crippen LogP contribution in [0.4, 0.5) is 0 Å². The van der Waals surface area contributed by atoms with Gasteiger partial charge in [-0.2, -0.15) is 11.3 Å². The fourth-order valence-electron chi connectivity index (χ4n) is 2.63. The highest BCUT2D eigenvalue weighted by molar-refractivity contribution is 7.07. The van der Waals surface area contributed by atoms with Gasteiger partial charge < -0.3 is 5.32 Å². The van der Waals surface area contributed by atoms with E-state index in [1.54, 1.807) is 0 Å². The first kappa shape index (κ1) is 13.1. The van der Waals surface area contributed by atoms with Gasteiger partial charge in [0.25, 0.3) is 0 Å². The van der Waals surface area contributed by atoms with Gasteiger partial charge in [0.15, 0.2) is 0 Å². The molecule has 0 saturated heterocycles. The van der Waals surface area contributed by atoms with Crippen LogP contribution in [0.3, 0.4) is 0 Å². The van der Waals surface area contributed by atoms with Gasteiger partial charge in [-0.05, 0) is 72.4 Å². The smallest absolute Gasteiger partial charge is 0.000793 e. The maximum atomic E-state index is 3.63. The standard InChI is InChI=1S/C15H25NS/c1-3-9-16-12-15(2,14-4-5-14)8-6-13-7-10-17-11-13/h7,10-11,14,16H,3-6,8-9,12H2,1-2H3. The Morgan fingerprint density at radius 1 is 1.47 bits per heavy atom. The van der Waals surface area contributed by atoms with Crippen molar-refractivity contribution in [3.8, 4) is 0 Å². The summed E-state index contributed by atoms with van der Waals surface area (Å²) in [6.07, 6.45) is 6.74. The van der Waals surface area contributed by atoms with Gasteiger partial charge in [0.2, 0.25) is 0 Å². The summed E-state index contributed by atoms with van der Waals surface area (Å²) in [6, 6.07) is 2.28. The van der Waals surface area contributed by atoms with Crippen LogP contribution in [0.5, 0.6) is 0 Å². The summed E-state index contributed by atoms with van der Waals surface area (Å²) in [7, 11) is 0. The van der Waals surface area contributed by atoms with Crippen LogP contribution in [0.25, 0.3) is 0 Å². The molecule has 1 N–H and O–H groups in total. The Kier molecular flexibility index (Phi) is 4.63. The van der Waals surface area contributed by atoms with Crippen molar-refractivity contribution >= 4 is 11.3 Å². The lowest BCUT2D eigenvalue weighted by Crippen LogP contribution is -2.34. The zero-order valence-electron chi connectivity index (χ0n) is 11.2. The topological polar surface area (TPSA) is 12.0 Å². The molecule has 2 heteroatoms. The third-order valence-electron chi connectivity index (χ3n) is 4.08. The Morgan fingerprint density at radius 2 is 2.29 bits per heavy atom. The minimum Gasteiger partial charge on any atom is -0.316 e. The Hall–Kier alpha value is -0.340. The molecule has 1 atom stereocenters. The molecule has 0 aliphatic heterocycles. The third kappa shape index (κ3) is 3.82. The van der Waals surface area contributed by atoms with Crippen molar-refractivity contribution in [1.29, 1.82) is 0 Å². The molecule has 0 aromatic carbocycles. The van der Waals surface area contributed by atoms with Crippen molar-refractivity contribution in [3.05, 3.63) is 22.4 Å². The van der Waals surface area contributed by atoms with Crippen LogP contribution < -0.4 is 5.32 Å². The highest BCUT2D eigenvalue weighted by Gasteiger charge is 2.40. The second-order valence-electron chi connectivity index (χ2n) is 5.74. The predicted octanol–water partition coefficient (Wildman–Crippen LogP) is 4.10. The van der Waals surface area contributed by atoms with E-state index in [0.29, 0.717) is 5.41 Å². The van der Waals surface area contributed by atoms with Gasteiger partial charge >= 0.3 is 0 Å². The maximum absolute atomic E-state index is 3.63. The van der Waals surface area contributed by atoms with Gasteiger partial charge in [-0.1, -0.05) is 13.8 Å². The fourth-order valence-corrected chi connectivity index (χ4v) is 3.34. The summed E-state index contributed by atoms with van der Waals surface area (Å²) >= 11 is 1.82. The molecule has 1 aliphatic rings. The molecule has 1 aromatic heterocycles. The van der Waals surface area contributed by atoms with E-state index in [1.807, 2.05) is 11.3 Å². The lowest BCUT2D eigenvalue weighted by Gasteiger charge is -2.30. The van der Waals surface area contributed by atoms with Crippen LogP contribution in [0.2, 0.25) is 0 Å². The second-order valence-corrected chi connectivity index (χ2v) is 6.52. The van der Waals surface area contributed by atoms with Crippen molar-refractivity contribution in [2.24, 2.45) is 11.3 Å². The third-order valence-corrected chi connectivity index (χ3v) is 4.82. The van der Waals surface area contributed by atoms with E-state index < -0.39 is 0 Å². The first-order valence-electron chi connectivity index (χ1n) is 6.96. The molecule has 1 fully saturated rings. The van der Waals surface area contributed by atoms with Crippen molar-refractivity contribution in [2.45, 2.75) is 46.0 Å². The molecule has 1 nitrogen and oxygen atoms in total. The average Bonchev–Trinajstić information content (AvgIpc) is 3.06. The highest BCUT2D eigenvalue weighted by atomic mass is 32.1. The van der Waals surface area contributed by atoms with Crippen LogP contribution >= 0.6 is 11.3 Å². The molecule has 17 heavy (non-hydrogen) atoms. The van der Waals surface area contributed by atoms with E-state index in [1.165, 1.54) is 50.8 Å². The summed E-state index contributed by atoms with van der Waals surface area (Å²) < 4.78 is 0. The van der Waals surface area contributed by atoms with Crippen LogP contribution in [0, 0.1) is 11.3 Å². The largest absolute Gasteiger partial charge is 0.316 e. The van der Waals surface area contributed by atoms with Crippen LogP contribution in [-0.2, 0) is 6.42 Å². The van der Waals surface area contributed by atoms with Crippen molar-refractivity contribution in [3.63, 3.8) is 0 Å². The molecule has 1 heterocycles. The normalized spacial score (nSPS) is 19.2. The van der Waals surface area contributed by atoms with Crippen molar-refractivity contribution in [2.75, 3.05) is 13.1 Å². The van der Waals surface area contributed by atoms with Crippen LogP contribution in [-0.4, -0.2) is 13.1 Å². The zero-order valence-corrected chi connectivity index (χ0v) is 12.0. The number of rotatable bonds is 8. The predicted molar refractivity (Wildman–Crippen MR) is 76.6 cm³/mol. The Labute approximate surface area is 110 Å². The Balaban J connectivity index is 1.83. The van der Waals surface area contributed by atoms with E-state index in [4.69, 9.17) is 0 Å². The van der Waals surface area contributed by atoms with Gasteiger partial charge in [-0.15, -0.1) is 0 Å². The lowest BCUT2D eigenvalue weighted by molar-refractivity contribution is 0.237. The number of thiophene rings is 1. The van der Waals surface area contributed by atoms with E-state index in [0.717, 1.165) is 5.92 Å². The minimum absolute atomic E-state index is 0.525. The zero-order chi connectivity index (χ0) is 12.1. The molecule has 0 amide bonds. The van der Waals surface area contributed by atoms with E-state index in [2.05, 4.69) is 36.0 Å². The SMILES string of the molecule is CCCNCC(C)(CCc1ccsc1)C1CC1. The van der Waals surface area contributed by atoms with Crippen LogP contribution in [0.1, 0.15) is 45.1 Å². The summed E-state index contributed by atoms with van der Waals surface area (Å²) in [5.74, 6) is 0.977. The molecule has 0 spiro atoms. The summed E-state index contributed by atoms with van der Waals surface area (Å²) in [5, 5.41) is 8.12. The molecule has 96 valence electrons. The van der Waals surface area contributed by atoms with Gasteiger partial charge in [-0.25, -0.2) is 0 Å². The monoisotopic (exact) mass is 251 g/mol. The van der Waals surface area contributed by atoms with Gasteiger partial charge in [0.05, 0.1) is 0 Å². The Morgan fingerprint density at radius 3 is 2.88 bits per heavy atom. The first-order valence-corrected chi connectivity index (χ1v) is 7.90. The lowest BCUT2D eigenvalue weighted by atomic mass is 9.79. The number of nitrogens with one attached hydrogen (secondary N) is 1. The molecule has 1 saturated carbocycles. The molecule has 1 unspecified atom stereocenters. The molecular formula is C15H25NS. The summed E-state index contributed by atoms with van der Waals surface area (Å²) in [6.45, 7) is 7.10. The van der Waals surface area contributed by atoms with Crippen molar-refractivity contribution in [1.82, 2.24) is 5.32 Å². The second kappa shape index (κ2) is 6.01. The highest BCUT2D eigenvalue weighted by Crippen LogP contribution is 2.47. The Bertz CT molecular complexity index is 316. The van der Waals surface area contributed by atoms with E-state index >= 15 is 0 Å². The van der Waals surface area contributed by atoms with Gasteiger partial charge in [-0.3, -0.25) is 0 Å². The summed E-state index contributed by atoms with van der Waals surface area (Å²) in [4.78, 5) is 0. The van der Waals surface area contributed by atoms with Gasteiger partial charge in [0.1, 0.15) is 0 Å². The van der Waals surface area contributed by atoms with E-state index in [-0.39, 0.29) is 0 Å². The van der Waals surface area contributed by atoms with Crippen molar-refractivity contribution < 1.29 is 0 Å². The maximum Gasteiger partial charge on any atom is 0.000793 e. The number of hydrogen-bond donors (Lipinski definition) is 1. The molecular weight excluding hydrogens is 226 g/mol. The number of aryl methyl sites for hydroxylation is 1. The fraction of sp³-hybridized carbons (Fsp3) is 0.733.